The Morgan fingerprint density at radius 2 is 2.04 bits per heavy atom. The molecular formula is C17H17N9. The average molecular weight is 347 g/mol. The molecule has 130 valence electrons. The van der Waals surface area contributed by atoms with Crippen molar-refractivity contribution in [1.82, 2.24) is 39.6 Å². The van der Waals surface area contributed by atoms with Crippen LogP contribution < -0.4 is 4.90 Å². The van der Waals surface area contributed by atoms with E-state index in [2.05, 4.69) is 34.8 Å². The van der Waals surface area contributed by atoms with Crippen molar-refractivity contribution in [3.63, 3.8) is 0 Å². The van der Waals surface area contributed by atoms with Gasteiger partial charge in [0, 0.05) is 26.2 Å². The molecule has 0 N–H and O–H groups in total. The predicted molar refractivity (Wildman–Crippen MR) is 94.5 cm³/mol. The largest absolute Gasteiger partial charge is 0.351 e. The molecule has 5 heterocycles. The fourth-order valence-corrected chi connectivity index (χ4v) is 3.26. The number of fused-ring (bicyclic) bond motifs is 2. The normalized spacial score (nSPS) is 13.3. The lowest BCUT2D eigenvalue weighted by Crippen LogP contribution is -2.21. The Labute approximate surface area is 149 Å². The summed E-state index contributed by atoms with van der Waals surface area (Å²) < 4.78 is 3.93. The Bertz CT molecular complexity index is 1070. The topological polar surface area (TPSA) is 89.9 Å². The first-order valence-electron chi connectivity index (χ1n) is 8.55. The highest BCUT2D eigenvalue weighted by atomic mass is 15.4. The zero-order chi connectivity index (χ0) is 17.5. The summed E-state index contributed by atoms with van der Waals surface area (Å²) in [4.78, 5) is 6.40. The minimum absolute atomic E-state index is 0.624. The Hall–Kier alpha value is -3.36. The minimum Gasteiger partial charge on any atom is -0.351 e. The van der Waals surface area contributed by atoms with Crippen LogP contribution in [0.5, 0.6) is 0 Å². The molecule has 9 nitrogen and oxygen atoms in total. The molecule has 5 rings (SSSR count). The summed E-state index contributed by atoms with van der Waals surface area (Å²) in [7, 11) is 2.00. The Morgan fingerprint density at radius 3 is 2.92 bits per heavy atom. The molecule has 0 fully saturated rings. The van der Waals surface area contributed by atoms with Crippen molar-refractivity contribution < 1.29 is 0 Å². The third kappa shape index (κ3) is 2.40. The first-order chi connectivity index (χ1) is 12.8. The van der Waals surface area contributed by atoms with Crippen LogP contribution in [0.25, 0.3) is 17.2 Å². The van der Waals surface area contributed by atoms with Crippen LogP contribution in [0.3, 0.4) is 0 Å². The van der Waals surface area contributed by atoms with Crippen LogP contribution in [-0.4, -0.2) is 46.6 Å². The van der Waals surface area contributed by atoms with Gasteiger partial charge in [-0.15, -0.1) is 25.5 Å². The third-order valence-electron chi connectivity index (χ3n) is 4.60. The monoisotopic (exact) mass is 347 g/mol. The van der Waals surface area contributed by atoms with Crippen LogP contribution in [0, 0.1) is 0 Å². The predicted octanol–water partition coefficient (Wildman–Crippen LogP) is 1.36. The van der Waals surface area contributed by atoms with Gasteiger partial charge in [-0.25, -0.2) is 0 Å². The van der Waals surface area contributed by atoms with Crippen LogP contribution in [0.4, 0.5) is 5.82 Å². The number of hydrogen-bond donors (Lipinski definition) is 0. The lowest BCUT2D eigenvalue weighted by Gasteiger charge is -2.17. The SMILES string of the molecule is CN(Cc1nnc2n1CCC2)c1ccc2nnc(-c3ccccn3)n2n1. The van der Waals surface area contributed by atoms with Gasteiger partial charge in [-0.1, -0.05) is 6.07 Å². The molecule has 1 aliphatic heterocycles. The number of hydrogen-bond acceptors (Lipinski definition) is 7. The van der Waals surface area contributed by atoms with Crippen molar-refractivity contribution in [2.45, 2.75) is 25.9 Å². The smallest absolute Gasteiger partial charge is 0.203 e. The van der Waals surface area contributed by atoms with E-state index in [0.29, 0.717) is 18.0 Å². The lowest BCUT2D eigenvalue weighted by atomic mass is 10.3. The minimum atomic E-state index is 0.624. The molecule has 0 atom stereocenters. The van der Waals surface area contributed by atoms with E-state index in [9.17, 15) is 0 Å². The van der Waals surface area contributed by atoms with E-state index in [4.69, 9.17) is 5.10 Å². The van der Waals surface area contributed by atoms with E-state index >= 15 is 0 Å². The maximum Gasteiger partial charge on any atom is 0.203 e. The molecular weight excluding hydrogens is 330 g/mol. The van der Waals surface area contributed by atoms with E-state index in [1.54, 1.807) is 10.7 Å². The fourth-order valence-electron chi connectivity index (χ4n) is 3.26. The van der Waals surface area contributed by atoms with Crippen molar-refractivity contribution in [1.29, 1.82) is 0 Å². The van der Waals surface area contributed by atoms with Crippen molar-refractivity contribution in [2.24, 2.45) is 0 Å². The zero-order valence-electron chi connectivity index (χ0n) is 14.3. The Morgan fingerprint density at radius 1 is 1.08 bits per heavy atom. The lowest BCUT2D eigenvalue weighted by molar-refractivity contribution is 0.672. The molecule has 0 radical (unpaired) electrons. The second-order valence-corrected chi connectivity index (χ2v) is 6.34. The highest BCUT2D eigenvalue weighted by molar-refractivity contribution is 5.55. The summed E-state index contributed by atoms with van der Waals surface area (Å²) in [6, 6.07) is 9.54. The molecule has 4 aromatic heterocycles. The highest BCUT2D eigenvalue weighted by Gasteiger charge is 2.19. The Kier molecular flexibility index (Phi) is 3.37. The quantitative estimate of drug-likeness (QED) is 0.550. The molecule has 0 saturated carbocycles. The number of rotatable bonds is 4. The highest BCUT2D eigenvalue weighted by Crippen LogP contribution is 2.19. The molecule has 0 bridgehead atoms. The van der Waals surface area contributed by atoms with E-state index in [1.807, 2.05) is 37.4 Å². The van der Waals surface area contributed by atoms with Gasteiger partial charge in [0.2, 0.25) is 5.82 Å². The Balaban J connectivity index is 1.49. The average Bonchev–Trinajstić information content (AvgIpc) is 3.38. The first kappa shape index (κ1) is 14.9. The van der Waals surface area contributed by atoms with Crippen LogP contribution in [0.2, 0.25) is 0 Å². The summed E-state index contributed by atoms with van der Waals surface area (Å²) in [6.07, 6.45) is 3.88. The van der Waals surface area contributed by atoms with Gasteiger partial charge < -0.3 is 9.47 Å². The standard InChI is InChI=1S/C17H17N9/c1-24(11-16-21-19-13-6-4-10-25(13)16)15-8-7-14-20-22-17(26(14)23-15)12-5-2-3-9-18-12/h2-3,5,7-9H,4,6,10-11H2,1H3. The van der Waals surface area contributed by atoms with Gasteiger partial charge in [0.15, 0.2) is 11.5 Å². The molecule has 26 heavy (non-hydrogen) atoms. The van der Waals surface area contributed by atoms with Crippen molar-refractivity contribution in [2.75, 3.05) is 11.9 Å². The molecule has 0 saturated heterocycles. The molecule has 0 unspecified atom stereocenters. The van der Waals surface area contributed by atoms with Crippen LogP contribution in [0.1, 0.15) is 18.1 Å². The molecule has 0 aliphatic carbocycles. The van der Waals surface area contributed by atoms with Gasteiger partial charge in [-0.2, -0.15) is 4.52 Å². The summed E-state index contributed by atoms with van der Waals surface area (Å²) >= 11 is 0. The fraction of sp³-hybridized carbons (Fsp3) is 0.294. The van der Waals surface area contributed by atoms with Gasteiger partial charge in [0.25, 0.3) is 0 Å². The van der Waals surface area contributed by atoms with E-state index in [-0.39, 0.29) is 0 Å². The zero-order valence-corrected chi connectivity index (χ0v) is 14.3. The summed E-state index contributed by atoms with van der Waals surface area (Å²) in [5, 5.41) is 21.7. The van der Waals surface area contributed by atoms with Gasteiger partial charge in [0.05, 0.1) is 6.54 Å². The third-order valence-corrected chi connectivity index (χ3v) is 4.60. The second-order valence-electron chi connectivity index (χ2n) is 6.34. The van der Waals surface area contributed by atoms with E-state index in [0.717, 1.165) is 42.5 Å². The number of anilines is 1. The van der Waals surface area contributed by atoms with Gasteiger partial charge in [0.1, 0.15) is 17.3 Å². The summed E-state index contributed by atoms with van der Waals surface area (Å²) in [5.74, 6) is 3.48. The van der Waals surface area contributed by atoms with E-state index in [1.165, 1.54) is 0 Å². The van der Waals surface area contributed by atoms with Gasteiger partial charge in [-0.3, -0.25) is 4.98 Å². The number of pyridine rings is 1. The molecule has 4 aromatic rings. The van der Waals surface area contributed by atoms with Crippen molar-refractivity contribution >= 4 is 11.5 Å². The second kappa shape index (κ2) is 5.87. The molecule has 0 amide bonds. The number of nitrogens with zero attached hydrogens (tertiary/aromatic N) is 9. The maximum atomic E-state index is 4.71. The molecule has 9 heteroatoms. The molecule has 0 aromatic carbocycles. The summed E-state index contributed by atoms with van der Waals surface area (Å²) in [6.45, 7) is 1.64. The molecule has 0 spiro atoms. The van der Waals surface area contributed by atoms with Crippen LogP contribution in [-0.2, 0) is 19.5 Å². The molecule has 1 aliphatic rings. The maximum absolute atomic E-state index is 4.71. The summed E-state index contributed by atoms with van der Waals surface area (Å²) in [5.41, 5.74) is 1.42. The number of aryl methyl sites for hydroxylation is 1. The van der Waals surface area contributed by atoms with Crippen molar-refractivity contribution in [3.05, 3.63) is 48.2 Å². The number of aromatic nitrogens is 8. The van der Waals surface area contributed by atoms with Crippen LogP contribution in [0.15, 0.2) is 36.5 Å². The van der Waals surface area contributed by atoms with Gasteiger partial charge in [-0.05, 0) is 30.7 Å². The van der Waals surface area contributed by atoms with E-state index < -0.39 is 0 Å². The van der Waals surface area contributed by atoms with Gasteiger partial charge >= 0.3 is 0 Å². The van der Waals surface area contributed by atoms with Crippen LogP contribution >= 0.6 is 0 Å². The van der Waals surface area contributed by atoms with Crippen molar-refractivity contribution in [3.8, 4) is 11.5 Å². The first-order valence-corrected chi connectivity index (χ1v) is 8.55.